The van der Waals surface area contributed by atoms with Crippen molar-refractivity contribution in [2.45, 2.75) is 52.2 Å². The van der Waals surface area contributed by atoms with Crippen LogP contribution in [0.1, 0.15) is 62.6 Å². The standard InChI is InChI=1S/C23H28O6/c1-5-26-21(24)16-15-20(28-29-23(2,3)4)17-11-13-19(14-12-17)27-22(25)18-9-7-6-8-10-18/h6-14,20H,5,15-16H2,1-4H3. The van der Waals surface area contributed by atoms with E-state index in [1.807, 2.05) is 26.8 Å². The summed E-state index contributed by atoms with van der Waals surface area (Å²) in [6.45, 7) is 7.74. The molecule has 1 atom stereocenters. The van der Waals surface area contributed by atoms with E-state index in [4.69, 9.17) is 19.2 Å². The van der Waals surface area contributed by atoms with Gasteiger partial charge in [-0.2, -0.15) is 0 Å². The quantitative estimate of drug-likeness (QED) is 0.254. The molecule has 0 saturated heterocycles. The molecule has 0 amide bonds. The molecular weight excluding hydrogens is 372 g/mol. The third-order valence-electron chi connectivity index (χ3n) is 3.80. The van der Waals surface area contributed by atoms with Gasteiger partial charge in [-0.1, -0.05) is 30.3 Å². The van der Waals surface area contributed by atoms with Gasteiger partial charge in [0.05, 0.1) is 17.8 Å². The van der Waals surface area contributed by atoms with Crippen LogP contribution >= 0.6 is 0 Å². The Bertz CT molecular complexity index is 777. The lowest BCUT2D eigenvalue weighted by atomic mass is 10.0. The van der Waals surface area contributed by atoms with Crippen LogP contribution in [-0.4, -0.2) is 24.1 Å². The fourth-order valence-electron chi connectivity index (χ4n) is 2.45. The van der Waals surface area contributed by atoms with Crippen LogP contribution in [0, 0.1) is 0 Å². The third-order valence-corrected chi connectivity index (χ3v) is 3.80. The minimum Gasteiger partial charge on any atom is -0.466 e. The number of hydrogen-bond donors (Lipinski definition) is 0. The Labute approximate surface area is 171 Å². The summed E-state index contributed by atoms with van der Waals surface area (Å²) in [5, 5.41) is 0. The van der Waals surface area contributed by atoms with Gasteiger partial charge in [0.1, 0.15) is 11.9 Å². The molecule has 0 radical (unpaired) electrons. The molecule has 0 aliphatic rings. The lowest BCUT2D eigenvalue weighted by Crippen LogP contribution is -2.21. The number of carbonyl (C=O) groups is 2. The Kier molecular flexibility index (Phi) is 8.36. The molecule has 0 aliphatic heterocycles. The van der Waals surface area contributed by atoms with E-state index in [9.17, 15) is 9.59 Å². The fourth-order valence-corrected chi connectivity index (χ4v) is 2.45. The van der Waals surface area contributed by atoms with E-state index >= 15 is 0 Å². The van der Waals surface area contributed by atoms with Crippen LogP contribution in [-0.2, 0) is 19.3 Å². The van der Waals surface area contributed by atoms with Crippen molar-refractivity contribution in [3.05, 3.63) is 65.7 Å². The lowest BCUT2D eigenvalue weighted by Gasteiger charge is -2.23. The Balaban J connectivity index is 2.05. The molecule has 1 unspecified atom stereocenters. The van der Waals surface area contributed by atoms with Crippen molar-refractivity contribution in [3.63, 3.8) is 0 Å². The SMILES string of the molecule is CCOC(=O)CCC(OOC(C)(C)C)c1ccc(OC(=O)c2ccccc2)cc1. The number of rotatable bonds is 9. The summed E-state index contributed by atoms with van der Waals surface area (Å²) in [5.41, 5.74) is 0.789. The molecule has 0 aromatic heterocycles. The maximum atomic E-state index is 12.2. The van der Waals surface area contributed by atoms with Crippen LogP contribution in [0.4, 0.5) is 0 Å². The van der Waals surface area contributed by atoms with Gasteiger partial charge >= 0.3 is 11.9 Å². The average Bonchev–Trinajstić information content (AvgIpc) is 2.69. The summed E-state index contributed by atoms with van der Waals surface area (Å²) in [5.74, 6) is -0.293. The Morgan fingerprint density at radius 3 is 2.21 bits per heavy atom. The second kappa shape index (κ2) is 10.7. The first kappa shape index (κ1) is 22.6. The molecule has 0 fully saturated rings. The number of hydrogen-bond acceptors (Lipinski definition) is 6. The molecule has 6 nitrogen and oxygen atoms in total. The van der Waals surface area contributed by atoms with E-state index < -0.39 is 17.7 Å². The summed E-state index contributed by atoms with van der Waals surface area (Å²) >= 11 is 0. The molecule has 29 heavy (non-hydrogen) atoms. The van der Waals surface area contributed by atoms with Gasteiger partial charge in [-0.15, -0.1) is 0 Å². The molecule has 0 N–H and O–H groups in total. The van der Waals surface area contributed by atoms with E-state index in [1.54, 1.807) is 55.5 Å². The van der Waals surface area contributed by atoms with Crippen LogP contribution < -0.4 is 4.74 Å². The Morgan fingerprint density at radius 1 is 0.966 bits per heavy atom. The Hall–Kier alpha value is -2.70. The molecule has 2 aromatic carbocycles. The first-order valence-electron chi connectivity index (χ1n) is 9.66. The van der Waals surface area contributed by atoms with Gasteiger partial charge in [-0.3, -0.25) is 4.79 Å². The number of carbonyl (C=O) groups excluding carboxylic acids is 2. The smallest absolute Gasteiger partial charge is 0.343 e. The summed E-state index contributed by atoms with van der Waals surface area (Å²) in [7, 11) is 0. The van der Waals surface area contributed by atoms with E-state index in [2.05, 4.69) is 0 Å². The molecule has 0 aliphatic carbocycles. The minimum atomic E-state index is -0.493. The normalized spacial score (nSPS) is 12.3. The van der Waals surface area contributed by atoms with Crippen molar-refractivity contribution in [2.75, 3.05) is 6.61 Å². The summed E-state index contributed by atoms with van der Waals surface area (Å²) in [4.78, 5) is 34.9. The van der Waals surface area contributed by atoms with Crippen LogP contribution in [0.2, 0.25) is 0 Å². The van der Waals surface area contributed by atoms with Crippen molar-refractivity contribution >= 4 is 11.9 Å². The molecule has 2 rings (SSSR count). The molecule has 0 saturated carbocycles. The number of ether oxygens (including phenoxy) is 2. The summed E-state index contributed by atoms with van der Waals surface area (Å²) < 4.78 is 10.4. The van der Waals surface area contributed by atoms with E-state index in [0.717, 1.165) is 5.56 Å². The van der Waals surface area contributed by atoms with Crippen molar-refractivity contribution < 1.29 is 28.8 Å². The predicted molar refractivity (Wildman–Crippen MR) is 108 cm³/mol. The van der Waals surface area contributed by atoms with Gasteiger partial charge in [-0.25, -0.2) is 14.6 Å². The molecule has 156 valence electrons. The summed E-state index contributed by atoms with van der Waals surface area (Å²) in [6, 6.07) is 15.7. The topological polar surface area (TPSA) is 71.1 Å². The Morgan fingerprint density at radius 2 is 1.62 bits per heavy atom. The van der Waals surface area contributed by atoms with Crippen molar-refractivity contribution in [1.29, 1.82) is 0 Å². The predicted octanol–water partition coefficient (Wildman–Crippen LogP) is 5.04. The van der Waals surface area contributed by atoms with E-state index in [0.29, 0.717) is 24.3 Å². The first-order chi connectivity index (χ1) is 13.8. The molecular formula is C23H28O6. The van der Waals surface area contributed by atoms with Gasteiger partial charge in [0.2, 0.25) is 0 Å². The lowest BCUT2D eigenvalue weighted by molar-refractivity contribution is -0.376. The number of esters is 2. The van der Waals surface area contributed by atoms with Gasteiger partial charge < -0.3 is 9.47 Å². The second-order valence-corrected chi connectivity index (χ2v) is 7.45. The summed E-state index contributed by atoms with van der Waals surface area (Å²) in [6.07, 6.45) is 0.145. The van der Waals surface area contributed by atoms with E-state index in [1.165, 1.54) is 0 Å². The largest absolute Gasteiger partial charge is 0.466 e. The van der Waals surface area contributed by atoms with Crippen molar-refractivity contribution in [2.24, 2.45) is 0 Å². The minimum absolute atomic E-state index is 0.205. The fraction of sp³-hybridized carbons (Fsp3) is 0.391. The highest BCUT2D eigenvalue weighted by Gasteiger charge is 2.20. The molecule has 2 aromatic rings. The molecule has 6 heteroatoms. The molecule has 0 heterocycles. The molecule has 0 spiro atoms. The van der Waals surface area contributed by atoms with Crippen molar-refractivity contribution in [3.8, 4) is 5.75 Å². The zero-order chi connectivity index (χ0) is 21.3. The van der Waals surface area contributed by atoms with Crippen LogP contribution in [0.15, 0.2) is 54.6 Å². The monoisotopic (exact) mass is 400 g/mol. The third kappa shape index (κ3) is 8.05. The van der Waals surface area contributed by atoms with E-state index in [-0.39, 0.29) is 12.4 Å². The maximum absolute atomic E-state index is 12.2. The zero-order valence-corrected chi connectivity index (χ0v) is 17.3. The highest BCUT2D eigenvalue weighted by Crippen LogP contribution is 2.27. The van der Waals surface area contributed by atoms with Gasteiger partial charge in [0.15, 0.2) is 0 Å². The van der Waals surface area contributed by atoms with Crippen LogP contribution in [0.5, 0.6) is 5.75 Å². The highest BCUT2D eigenvalue weighted by molar-refractivity contribution is 5.90. The number of benzene rings is 2. The van der Waals surface area contributed by atoms with Gasteiger partial charge in [-0.05, 0) is 63.9 Å². The van der Waals surface area contributed by atoms with Crippen molar-refractivity contribution in [1.82, 2.24) is 0 Å². The van der Waals surface area contributed by atoms with Crippen LogP contribution in [0.3, 0.4) is 0 Å². The zero-order valence-electron chi connectivity index (χ0n) is 17.3. The first-order valence-corrected chi connectivity index (χ1v) is 9.66. The molecule has 0 bridgehead atoms. The second-order valence-electron chi connectivity index (χ2n) is 7.45. The highest BCUT2D eigenvalue weighted by atomic mass is 17.2. The van der Waals surface area contributed by atoms with Gasteiger partial charge in [0.25, 0.3) is 0 Å². The van der Waals surface area contributed by atoms with Gasteiger partial charge in [0, 0.05) is 6.42 Å². The average molecular weight is 400 g/mol. The van der Waals surface area contributed by atoms with Crippen LogP contribution in [0.25, 0.3) is 0 Å². The maximum Gasteiger partial charge on any atom is 0.343 e.